The van der Waals surface area contributed by atoms with E-state index in [4.69, 9.17) is 14.7 Å². The molecule has 4 atom stereocenters. The molecule has 0 aromatic carbocycles. The molecule has 4 heteroatoms. The Bertz CT molecular complexity index is 318. The average Bonchev–Trinajstić information content (AvgIpc) is 2.51. The maximum absolute atomic E-state index is 11.3. The molecular weight excluding hydrogens is 182 g/mol. The van der Waals surface area contributed by atoms with Crippen molar-refractivity contribution in [2.24, 2.45) is 11.3 Å². The number of rotatable bonds is 0. The predicted molar refractivity (Wildman–Crippen MR) is 47.1 cm³/mol. The number of carbonyl (C=O) groups is 1. The molecule has 2 rings (SSSR count). The molecule has 76 valence electrons. The SMILES string of the molecule is CC1OC2C(C#N)C(=O)OC2C1(C)C. The average molecular weight is 195 g/mol. The monoisotopic (exact) mass is 195 g/mol. The van der Waals surface area contributed by atoms with Crippen LogP contribution in [0.25, 0.3) is 0 Å². The highest BCUT2D eigenvalue weighted by Gasteiger charge is 2.59. The van der Waals surface area contributed by atoms with E-state index in [9.17, 15) is 4.79 Å². The van der Waals surface area contributed by atoms with Crippen molar-refractivity contribution in [3.05, 3.63) is 0 Å². The first-order valence-electron chi connectivity index (χ1n) is 4.74. The topological polar surface area (TPSA) is 59.3 Å². The fourth-order valence-corrected chi connectivity index (χ4v) is 2.07. The minimum atomic E-state index is -0.746. The van der Waals surface area contributed by atoms with Crippen LogP contribution < -0.4 is 0 Å². The van der Waals surface area contributed by atoms with E-state index in [-0.39, 0.29) is 23.7 Å². The van der Waals surface area contributed by atoms with Gasteiger partial charge in [0.05, 0.1) is 12.2 Å². The van der Waals surface area contributed by atoms with Crippen LogP contribution in [0.3, 0.4) is 0 Å². The molecule has 0 aromatic heterocycles. The summed E-state index contributed by atoms with van der Waals surface area (Å²) in [6.45, 7) is 5.94. The molecule has 2 aliphatic heterocycles. The third-order valence-electron chi connectivity index (χ3n) is 3.41. The Balaban J connectivity index is 2.31. The van der Waals surface area contributed by atoms with E-state index in [1.54, 1.807) is 0 Å². The van der Waals surface area contributed by atoms with Crippen molar-refractivity contribution in [2.45, 2.75) is 39.1 Å². The Labute approximate surface area is 82.8 Å². The Kier molecular flexibility index (Phi) is 1.83. The summed E-state index contributed by atoms with van der Waals surface area (Å²) in [5, 5.41) is 8.81. The number of fused-ring (bicyclic) bond motifs is 1. The second-order valence-corrected chi connectivity index (χ2v) is 4.53. The zero-order valence-electron chi connectivity index (χ0n) is 8.48. The number of hydrogen-bond donors (Lipinski definition) is 0. The Morgan fingerprint density at radius 2 is 2.14 bits per heavy atom. The van der Waals surface area contributed by atoms with Crippen molar-refractivity contribution in [3.63, 3.8) is 0 Å². The molecule has 4 nitrogen and oxygen atoms in total. The quantitative estimate of drug-likeness (QED) is 0.538. The van der Waals surface area contributed by atoms with Crippen LogP contribution >= 0.6 is 0 Å². The van der Waals surface area contributed by atoms with Gasteiger partial charge in [-0.25, -0.2) is 0 Å². The van der Waals surface area contributed by atoms with Crippen molar-refractivity contribution < 1.29 is 14.3 Å². The fourth-order valence-electron chi connectivity index (χ4n) is 2.07. The lowest BCUT2D eigenvalue weighted by molar-refractivity contribution is -0.147. The molecule has 0 spiro atoms. The lowest BCUT2D eigenvalue weighted by atomic mass is 9.81. The smallest absolute Gasteiger partial charge is 0.326 e. The lowest BCUT2D eigenvalue weighted by Gasteiger charge is -2.26. The van der Waals surface area contributed by atoms with Crippen LogP contribution in [-0.4, -0.2) is 24.3 Å². The van der Waals surface area contributed by atoms with Gasteiger partial charge in [-0.15, -0.1) is 0 Å². The Hall–Kier alpha value is -1.08. The zero-order valence-corrected chi connectivity index (χ0v) is 8.48. The molecule has 14 heavy (non-hydrogen) atoms. The van der Waals surface area contributed by atoms with Gasteiger partial charge in [0, 0.05) is 5.41 Å². The molecule has 0 radical (unpaired) electrons. The molecule has 4 unspecified atom stereocenters. The van der Waals surface area contributed by atoms with Crippen LogP contribution in [0.2, 0.25) is 0 Å². The van der Waals surface area contributed by atoms with E-state index >= 15 is 0 Å². The summed E-state index contributed by atoms with van der Waals surface area (Å²) in [4.78, 5) is 11.3. The van der Waals surface area contributed by atoms with Crippen molar-refractivity contribution in [1.82, 2.24) is 0 Å². The normalized spacial score (nSPS) is 44.3. The van der Waals surface area contributed by atoms with E-state index in [1.807, 2.05) is 26.8 Å². The summed E-state index contributed by atoms with van der Waals surface area (Å²) in [5.74, 6) is -1.19. The van der Waals surface area contributed by atoms with Crippen molar-refractivity contribution >= 4 is 5.97 Å². The van der Waals surface area contributed by atoms with E-state index in [1.165, 1.54) is 0 Å². The number of hydrogen-bond acceptors (Lipinski definition) is 4. The summed E-state index contributed by atoms with van der Waals surface area (Å²) in [6.07, 6.45) is -0.631. The maximum Gasteiger partial charge on any atom is 0.326 e. The van der Waals surface area contributed by atoms with Gasteiger partial charge in [0.25, 0.3) is 0 Å². The number of carbonyl (C=O) groups excluding carboxylic acids is 1. The number of nitriles is 1. The summed E-state index contributed by atoms with van der Waals surface area (Å²) in [7, 11) is 0. The fraction of sp³-hybridized carbons (Fsp3) is 0.800. The highest BCUT2D eigenvalue weighted by Crippen LogP contribution is 2.46. The van der Waals surface area contributed by atoms with E-state index in [0.717, 1.165) is 0 Å². The van der Waals surface area contributed by atoms with Crippen LogP contribution in [0.1, 0.15) is 20.8 Å². The summed E-state index contributed by atoms with van der Waals surface area (Å²) >= 11 is 0. The van der Waals surface area contributed by atoms with Crippen LogP contribution in [0.15, 0.2) is 0 Å². The summed E-state index contributed by atoms with van der Waals surface area (Å²) < 4.78 is 10.8. The van der Waals surface area contributed by atoms with Gasteiger partial charge in [0.2, 0.25) is 0 Å². The second-order valence-electron chi connectivity index (χ2n) is 4.53. The molecule has 0 bridgehead atoms. The van der Waals surface area contributed by atoms with Crippen LogP contribution in [0, 0.1) is 22.7 Å². The van der Waals surface area contributed by atoms with Gasteiger partial charge < -0.3 is 9.47 Å². The number of esters is 1. The molecule has 0 amide bonds. The minimum absolute atomic E-state index is 0.0152. The van der Waals surface area contributed by atoms with Gasteiger partial charge in [0.15, 0.2) is 5.92 Å². The first-order chi connectivity index (χ1) is 6.48. The highest BCUT2D eigenvalue weighted by atomic mass is 16.6. The van der Waals surface area contributed by atoms with Gasteiger partial charge in [0.1, 0.15) is 12.2 Å². The van der Waals surface area contributed by atoms with Crippen molar-refractivity contribution in [3.8, 4) is 6.07 Å². The summed E-state index contributed by atoms with van der Waals surface area (Å²) in [6, 6.07) is 1.94. The van der Waals surface area contributed by atoms with Crippen LogP contribution in [-0.2, 0) is 14.3 Å². The molecule has 0 saturated carbocycles. The van der Waals surface area contributed by atoms with Gasteiger partial charge in [-0.3, -0.25) is 4.79 Å². The molecule has 0 aromatic rings. The number of nitrogens with zero attached hydrogens (tertiary/aromatic N) is 1. The molecule has 2 saturated heterocycles. The minimum Gasteiger partial charge on any atom is -0.458 e. The maximum atomic E-state index is 11.3. The van der Waals surface area contributed by atoms with E-state index in [0.29, 0.717) is 0 Å². The van der Waals surface area contributed by atoms with E-state index < -0.39 is 11.9 Å². The van der Waals surface area contributed by atoms with Crippen LogP contribution in [0.5, 0.6) is 0 Å². The molecule has 2 aliphatic rings. The lowest BCUT2D eigenvalue weighted by Crippen LogP contribution is -2.34. The predicted octanol–water partition coefficient (Wildman–Crippen LogP) is 0.865. The highest BCUT2D eigenvalue weighted by molar-refractivity contribution is 5.79. The molecular formula is C10H13NO3. The van der Waals surface area contributed by atoms with E-state index in [2.05, 4.69) is 0 Å². The van der Waals surface area contributed by atoms with Gasteiger partial charge in [-0.05, 0) is 6.92 Å². The van der Waals surface area contributed by atoms with Crippen molar-refractivity contribution in [2.75, 3.05) is 0 Å². The number of ether oxygens (including phenoxy) is 2. The van der Waals surface area contributed by atoms with Gasteiger partial charge >= 0.3 is 5.97 Å². The molecule has 0 aliphatic carbocycles. The molecule has 2 heterocycles. The summed E-state index contributed by atoms with van der Waals surface area (Å²) in [5.41, 5.74) is -0.202. The zero-order chi connectivity index (χ0) is 10.5. The van der Waals surface area contributed by atoms with Gasteiger partial charge in [-0.2, -0.15) is 5.26 Å². The standard InChI is InChI=1S/C10H13NO3/c1-5-10(2,3)8-7(13-5)6(4-11)9(12)14-8/h5-8H,1-3H3. The third kappa shape index (κ3) is 0.992. The molecule has 0 N–H and O–H groups in total. The van der Waals surface area contributed by atoms with Crippen LogP contribution in [0.4, 0.5) is 0 Å². The van der Waals surface area contributed by atoms with Crippen molar-refractivity contribution in [1.29, 1.82) is 5.26 Å². The van der Waals surface area contributed by atoms with Gasteiger partial charge in [-0.1, -0.05) is 13.8 Å². The second kappa shape index (κ2) is 2.71. The molecule has 2 fully saturated rings. The first-order valence-corrected chi connectivity index (χ1v) is 4.74. The Morgan fingerprint density at radius 1 is 1.50 bits per heavy atom. The Morgan fingerprint density at radius 3 is 2.71 bits per heavy atom. The first kappa shape index (κ1) is 9.47. The largest absolute Gasteiger partial charge is 0.458 e. The third-order valence-corrected chi connectivity index (χ3v) is 3.41.